The largest absolute Gasteiger partial charge is 0.496 e. The van der Waals surface area contributed by atoms with Gasteiger partial charge in [0.1, 0.15) is 11.5 Å². The summed E-state index contributed by atoms with van der Waals surface area (Å²) in [6, 6.07) is 9.95. The molecule has 0 aliphatic heterocycles. The third-order valence-corrected chi connectivity index (χ3v) is 3.94. The highest BCUT2D eigenvalue weighted by molar-refractivity contribution is 5.91. The molecule has 0 saturated heterocycles. The molecule has 1 heterocycles. The Labute approximate surface area is 148 Å². The first kappa shape index (κ1) is 17.8. The highest BCUT2D eigenvalue weighted by atomic mass is 19.4. The van der Waals surface area contributed by atoms with Crippen molar-refractivity contribution in [1.82, 2.24) is 4.98 Å². The number of pyridine rings is 1. The lowest BCUT2D eigenvalue weighted by molar-refractivity contribution is -0.137. The van der Waals surface area contributed by atoms with Gasteiger partial charge in [-0.1, -0.05) is 12.1 Å². The maximum absolute atomic E-state index is 12.9. The smallest absolute Gasteiger partial charge is 0.416 e. The summed E-state index contributed by atoms with van der Waals surface area (Å²) in [5.74, 6) is 1.06. The summed E-state index contributed by atoms with van der Waals surface area (Å²) < 4.78 is 55.1. The van der Waals surface area contributed by atoms with Crippen molar-refractivity contribution in [3.05, 3.63) is 53.6 Å². The Bertz CT molecular complexity index is 955. The maximum Gasteiger partial charge on any atom is 0.416 e. The van der Waals surface area contributed by atoms with E-state index >= 15 is 0 Å². The minimum absolute atomic E-state index is 0.0206. The molecule has 2 aromatic carbocycles. The van der Waals surface area contributed by atoms with E-state index in [0.717, 1.165) is 23.1 Å². The maximum atomic E-state index is 12.9. The lowest BCUT2D eigenvalue weighted by Crippen LogP contribution is -2.05. The molecule has 0 aliphatic rings. The molecular formula is C19H16F3NO3. The van der Waals surface area contributed by atoms with Crippen LogP contribution >= 0.6 is 0 Å². The number of nitrogens with zero attached hydrogens (tertiary/aromatic N) is 1. The molecular weight excluding hydrogens is 347 g/mol. The van der Waals surface area contributed by atoms with E-state index < -0.39 is 11.7 Å². The van der Waals surface area contributed by atoms with E-state index in [9.17, 15) is 13.2 Å². The fourth-order valence-electron chi connectivity index (χ4n) is 2.75. The number of aromatic nitrogens is 1. The van der Waals surface area contributed by atoms with Crippen molar-refractivity contribution in [2.75, 3.05) is 14.2 Å². The Hall–Kier alpha value is -2.96. The van der Waals surface area contributed by atoms with Gasteiger partial charge in [-0.25, -0.2) is 4.98 Å². The van der Waals surface area contributed by atoms with Crippen molar-refractivity contribution in [2.45, 2.75) is 13.1 Å². The first-order chi connectivity index (χ1) is 12.3. The Balaban J connectivity index is 2.11. The summed E-state index contributed by atoms with van der Waals surface area (Å²) in [6.07, 6.45) is -4.45. The van der Waals surface area contributed by atoms with Crippen molar-refractivity contribution in [2.24, 2.45) is 0 Å². The zero-order valence-electron chi connectivity index (χ0n) is 14.3. The van der Waals surface area contributed by atoms with E-state index in [4.69, 9.17) is 14.2 Å². The highest BCUT2D eigenvalue weighted by Gasteiger charge is 2.30. The van der Waals surface area contributed by atoms with Gasteiger partial charge in [0.05, 0.1) is 25.3 Å². The first-order valence-corrected chi connectivity index (χ1v) is 7.71. The Kier molecular flexibility index (Phi) is 4.63. The second-order valence-corrected chi connectivity index (χ2v) is 5.56. The molecule has 7 heteroatoms. The van der Waals surface area contributed by atoms with Crippen molar-refractivity contribution in [3.63, 3.8) is 0 Å². The van der Waals surface area contributed by atoms with Crippen LogP contribution in [0.3, 0.4) is 0 Å². The van der Waals surface area contributed by atoms with E-state index in [1.54, 1.807) is 25.3 Å². The summed E-state index contributed by atoms with van der Waals surface area (Å²) in [7, 11) is 3.00. The van der Waals surface area contributed by atoms with Crippen LogP contribution in [0.4, 0.5) is 13.2 Å². The number of rotatable bonds is 4. The second kappa shape index (κ2) is 6.74. The average molecular weight is 363 g/mol. The van der Waals surface area contributed by atoms with Gasteiger partial charge in [-0.3, -0.25) is 0 Å². The third kappa shape index (κ3) is 3.24. The molecule has 0 unspecified atom stereocenters. The molecule has 0 N–H and O–H groups in total. The molecule has 0 fully saturated rings. The van der Waals surface area contributed by atoms with Gasteiger partial charge in [0.25, 0.3) is 5.88 Å². The summed E-state index contributed by atoms with van der Waals surface area (Å²) >= 11 is 0. The number of halogens is 3. The molecule has 0 spiro atoms. The van der Waals surface area contributed by atoms with Crippen LogP contribution in [0.25, 0.3) is 10.9 Å². The number of ether oxygens (including phenoxy) is 3. The van der Waals surface area contributed by atoms with Crippen molar-refractivity contribution in [3.8, 4) is 23.1 Å². The summed E-state index contributed by atoms with van der Waals surface area (Å²) in [5, 5.41) is 0.753. The monoisotopic (exact) mass is 363 g/mol. The van der Waals surface area contributed by atoms with Crippen LogP contribution in [0, 0.1) is 6.92 Å². The van der Waals surface area contributed by atoms with Gasteiger partial charge in [-0.2, -0.15) is 13.2 Å². The fourth-order valence-corrected chi connectivity index (χ4v) is 2.75. The van der Waals surface area contributed by atoms with Crippen molar-refractivity contribution >= 4 is 10.9 Å². The number of benzene rings is 2. The molecule has 3 aromatic rings. The second-order valence-electron chi connectivity index (χ2n) is 5.56. The van der Waals surface area contributed by atoms with Crippen LogP contribution in [0.2, 0.25) is 0 Å². The quantitative estimate of drug-likeness (QED) is 0.625. The van der Waals surface area contributed by atoms with Crippen LogP contribution in [0.15, 0.2) is 42.5 Å². The third-order valence-electron chi connectivity index (χ3n) is 3.94. The minimum Gasteiger partial charge on any atom is -0.496 e. The van der Waals surface area contributed by atoms with E-state index in [0.29, 0.717) is 17.0 Å². The first-order valence-electron chi connectivity index (χ1n) is 7.71. The topological polar surface area (TPSA) is 40.6 Å². The van der Waals surface area contributed by atoms with Gasteiger partial charge in [0.2, 0.25) is 0 Å². The van der Waals surface area contributed by atoms with Gasteiger partial charge in [-0.05, 0) is 37.3 Å². The Morgan fingerprint density at radius 2 is 1.69 bits per heavy atom. The van der Waals surface area contributed by atoms with Crippen LogP contribution in [-0.2, 0) is 6.18 Å². The van der Waals surface area contributed by atoms with E-state index in [-0.39, 0.29) is 11.6 Å². The van der Waals surface area contributed by atoms with Crippen LogP contribution in [0.5, 0.6) is 23.1 Å². The van der Waals surface area contributed by atoms with Gasteiger partial charge >= 0.3 is 6.18 Å². The number of aryl methyl sites for hydroxylation is 1. The summed E-state index contributed by atoms with van der Waals surface area (Å²) in [4.78, 5) is 4.39. The van der Waals surface area contributed by atoms with Gasteiger partial charge < -0.3 is 14.2 Å². The molecule has 3 rings (SSSR count). The fraction of sp³-hybridized carbons (Fsp3) is 0.211. The average Bonchev–Trinajstić information content (AvgIpc) is 2.61. The van der Waals surface area contributed by atoms with E-state index in [1.807, 2.05) is 6.92 Å². The number of methoxy groups -OCH3 is 2. The highest BCUT2D eigenvalue weighted by Crippen LogP contribution is 2.40. The van der Waals surface area contributed by atoms with Crippen molar-refractivity contribution < 1.29 is 27.4 Å². The van der Waals surface area contributed by atoms with E-state index in [2.05, 4.69) is 4.98 Å². The van der Waals surface area contributed by atoms with E-state index in [1.165, 1.54) is 19.2 Å². The molecule has 4 nitrogen and oxygen atoms in total. The Morgan fingerprint density at radius 3 is 2.35 bits per heavy atom. The number of hydrogen-bond donors (Lipinski definition) is 0. The summed E-state index contributed by atoms with van der Waals surface area (Å²) in [5.41, 5.74) is 0.509. The predicted molar refractivity (Wildman–Crippen MR) is 91.1 cm³/mol. The molecule has 0 atom stereocenters. The normalized spacial score (nSPS) is 11.5. The number of alkyl halides is 3. The minimum atomic E-state index is -4.45. The lowest BCUT2D eigenvalue weighted by Gasteiger charge is -2.16. The van der Waals surface area contributed by atoms with Crippen LogP contribution in [-0.4, -0.2) is 19.2 Å². The molecule has 0 amide bonds. The molecule has 26 heavy (non-hydrogen) atoms. The molecule has 1 aromatic heterocycles. The van der Waals surface area contributed by atoms with Gasteiger partial charge in [0.15, 0.2) is 5.75 Å². The van der Waals surface area contributed by atoms with Gasteiger partial charge in [0, 0.05) is 10.9 Å². The van der Waals surface area contributed by atoms with Crippen LogP contribution in [0.1, 0.15) is 11.1 Å². The molecule has 0 radical (unpaired) electrons. The molecule has 0 aliphatic carbocycles. The predicted octanol–water partition coefficient (Wildman–Crippen LogP) is 5.37. The summed E-state index contributed by atoms with van der Waals surface area (Å²) in [6.45, 7) is 1.81. The Morgan fingerprint density at radius 1 is 0.962 bits per heavy atom. The molecule has 0 bridgehead atoms. The standard InChI is InChI=1S/C19H16F3NO3/c1-11-16-14(8-5-9-15(16)24-2)23-18(17(11)25-3)26-13-7-4-6-12(10-13)19(20,21)22/h4-10H,1-3H3. The zero-order chi connectivity index (χ0) is 18.9. The van der Waals surface area contributed by atoms with Crippen molar-refractivity contribution in [1.29, 1.82) is 0 Å². The van der Waals surface area contributed by atoms with Crippen LogP contribution < -0.4 is 14.2 Å². The number of fused-ring (bicyclic) bond motifs is 1. The zero-order valence-corrected chi connectivity index (χ0v) is 14.3. The SMILES string of the molecule is COc1c(Oc2cccc(C(F)(F)F)c2)nc2cccc(OC)c2c1C. The molecule has 0 saturated carbocycles. The lowest BCUT2D eigenvalue weighted by atomic mass is 10.1. The number of hydrogen-bond acceptors (Lipinski definition) is 4. The van der Waals surface area contributed by atoms with Gasteiger partial charge in [-0.15, -0.1) is 0 Å². The molecule has 136 valence electrons.